The Hall–Kier alpha value is -12.0. The van der Waals surface area contributed by atoms with E-state index in [1.807, 2.05) is 12.1 Å². The van der Waals surface area contributed by atoms with Gasteiger partial charge in [-0.25, -0.2) is 19.9 Å². The predicted molar refractivity (Wildman–Crippen MR) is 362 cm³/mol. The number of nitrogens with zero attached hydrogens (tertiary/aromatic N) is 7. The summed E-state index contributed by atoms with van der Waals surface area (Å²) in [5, 5.41) is 13.1. The summed E-state index contributed by atoms with van der Waals surface area (Å²) in [6.45, 7) is 0. The SMILES string of the molecule is c1ccc(-c2nc(-n3c4ccc(-c5cccc(-c6nc(-n7c8ccccc8c8c9c%10ccccc%10oc9c9ccccc9c87)nc7ccccc67)c5)cc4c4cc(-c5ccc6c(c5)c5ccccc5n6-c5ccccc5)ccc43)nc3ccccc23)cc1. The molecule has 0 spiro atoms. The summed E-state index contributed by atoms with van der Waals surface area (Å²) in [6, 6.07) is 101. The molecule has 0 aliphatic heterocycles. The Morgan fingerprint density at radius 1 is 0.250 bits per heavy atom. The molecular formula is C80H47N7O. The number of hydrogen-bond acceptors (Lipinski definition) is 5. The minimum Gasteiger partial charge on any atom is -0.455 e. The van der Waals surface area contributed by atoms with Crippen molar-refractivity contribution < 1.29 is 4.42 Å². The van der Waals surface area contributed by atoms with Crippen LogP contribution >= 0.6 is 0 Å². The molecule has 6 aromatic heterocycles. The highest BCUT2D eigenvalue weighted by atomic mass is 16.3. The summed E-state index contributed by atoms with van der Waals surface area (Å²) in [5.74, 6) is 1.21. The van der Waals surface area contributed by atoms with Crippen LogP contribution in [0.4, 0.5) is 0 Å². The minimum absolute atomic E-state index is 0.597. The summed E-state index contributed by atoms with van der Waals surface area (Å²) in [6.07, 6.45) is 0. The largest absolute Gasteiger partial charge is 0.455 e. The fourth-order valence-corrected chi connectivity index (χ4v) is 14.1. The number of rotatable bonds is 7. The fourth-order valence-electron chi connectivity index (χ4n) is 14.1. The Morgan fingerprint density at radius 3 is 1.35 bits per heavy atom. The third kappa shape index (κ3) is 7.14. The van der Waals surface area contributed by atoms with Crippen molar-refractivity contribution in [1.82, 2.24) is 33.6 Å². The van der Waals surface area contributed by atoms with E-state index in [0.29, 0.717) is 11.9 Å². The maximum Gasteiger partial charge on any atom is 0.235 e. The van der Waals surface area contributed by atoms with Crippen LogP contribution in [0.2, 0.25) is 0 Å². The molecule has 6 heterocycles. The lowest BCUT2D eigenvalue weighted by Gasteiger charge is -2.14. The average Bonchev–Trinajstić information content (AvgIpc) is 1.55. The summed E-state index contributed by atoms with van der Waals surface area (Å²) < 4.78 is 13.6. The van der Waals surface area contributed by atoms with E-state index >= 15 is 0 Å². The molecule has 0 aliphatic rings. The van der Waals surface area contributed by atoms with Crippen LogP contribution in [0.25, 0.3) is 182 Å². The Balaban J connectivity index is 0.810. The third-order valence-corrected chi connectivity index (χ3v) is 18.0. The first kappa shape index (κ1) is 48.4. The van der Waals surface area contributed by atoms with Crippen LogP contribution in [-0.4, -0.2) is 33.6 Å². The zero-order chi connectivity index (χ0) is 57.6. The van der Waals surface area contributed by atoms with Crippen LogP contribution in [-0.2, 0) is 0 Å². The molecule has 0 amide bonds. The number of hydrogen-bond donors (Lipinski definition) is 0. The highest BCUT2D eigenvalue weighted by molar-refractivity contribution is 6.36. The van der Waals surface area contributed by atoms with Gasteiger partial charge in [-0.1, -0.05) is 200 Å². The number of para-hydroxylation sites is 6. The smallest absolute Gasteiger partial charge is 0.235 e. The molecule has 0 N–H and O–H groups in total. The van der Waals surface area contributed by atoms with Gasteiger partial charge in [-0.15, -0.1) is 0 Å². The number of fused-ring (bicyclic) bond motifs is 18. The van der Waals surface area contributed by atoms with E-state index in [4.69, 9.17) is 24.4 Å². The maximum atomic E-state index is 6.73. The molecule has 8 nitrogen and oxygen atoms in total. The first-order chi connectivity index (χ1) is 43.6. The van der Waals surface area contributed by atoms with Crippen molar-refractivity contribution in [3.8, 4) is 62.4 Å². The Kier molecular flexibility index (Phi) is 10.3. The molecule has 0 unspecified atom stereocenters. The molecule has 0 radical (unpaired) electrons. The normalized spacial score (nSPS) is 12.1. The van der Waals surface area contributed by atoms with Gasteiger partial charge in [-0.2, -0.15) is 0 Å². The molecule has 408 valence electrons. The molecular weight excluding hydrogens is 1070 g/mol. The number of furan rings is 1. The molecule has 0 atom stereocenters. The van der Waals surface area contributed by atoms with E-state index in [1.54, 1.807) is 0 Å². The molecule has 0 aliphatic carbocycles. The van der Waals surface area contributed by atoms with Crippen LogP contribution in [0.1, 0.15) is 0 Å². The highest BCUT2D eigenvalue weighted by Crippen LogP contribution is 2.47. The second-order valence-corrected chi connectivity index (χ2v) is 22.9. The van der Waals surface area contributed by atoms with E-state index in [1.165, 1.54) is 21.8 Å². The van der Waals surface area contributed by atoms with Crippen molar-refractivity contribution in [1.29, 1.82) is 0 Å². The second-order valence-electron chi connectivity index (χ2n) is 22.9. The molecule has 8 heteroatoms. The lowest BCUT2D eigenvalue weighted by Crippen LogP contribution is -2.04. The molecule has 0 saturated carbocycles. The van der Waals surface area contributed by atoms with Gasteiger partial charge >= 0.3 is 0 Å². The van der Waals surface area contributed by atoms with Crippen molar-refractivity contribution in [3.05, 3.63) is 285 Å². The average molecular weight is 1120 g/mol. The van der Waals surface area contributed by atoms with E-state index in [9.17, 15) is 0 Å². The second kappa shape index (κ2) is 18.7. The Bertz CT molecular complexity index is 6130. The van der Waals surface area contributed by atoms with E-state index < -0.39 is 0 Å². The molecule has 13 aromatic carbocycles. The highest BCUT2D eigenvalue weighted by Gasteiger charge is 2.26. The standard InChI is InChI=1S/C80H47N7O/c1-3-20-48(21-4-1)75-58-29-9-14-33-65(58)81-79(83-75)86-70-42-39-50(46-63(70)64-47-52(40-43-71(64)86)51-38-41-69-62(45-51)55-26-11-16-35-67(55)85(69)54-24-5-2-6-25-54)49-22-19-23-53(44-49)76-59-30-10-15-34-66(59)82-80(84-76)87-68-36-17-12-31-60(68)73-74-61-32-13-18-37-72(61)88-78(74)57-28-8-7-27-56(57)77(73)87/h1-47H. The Labute approximate surface area is 502 Å². The lowest BCUT2D eigenvalue weighted by atomic mass is 9.97. The van der Waals surface area contributed by atoms with Gasteiger partial charge in [-0.05, 0) is 107 Å². The van der Waals surface area contributed by atoms with Crippen LogP contribution in [0.3, 0.4) is 0 Å². The number of aromatic nitrogens is 7. The first-order valence-corrected chi connectivity index (χ1v) is 29.8. The molecule has 19 rings (SSSR count). The summed E-state index contributed by atoms with van der Waals surface area (Å²) in [4.78, 5) is 21.9. The monoisotopic (exact) mass is 1120 g/mol. The quantitative estimate of drug-likeness (QED) is 0.159. The van der Waals surface area contributed by atoms with E-state index in [2.05, 4.69) is 287 Å². The van der Waals surface area contributed by atoms with Crippen molar-refractivity contribution in [2.24, 2.45) is 0 Å². The fraction of sp³-hybridized carbons (Fsp3) is 0. The van der Waals surface area contributed by atoms with Crippen molar-refractivity contribution in [2.75, 3.05) is 0 Å². The first-order valence-electron chi connectivity index (χ1n) is 29.8. The maximum absolute atomic E-state index is 6.73. The van der Waals surface area contributed by atoms with Gasteiger partial charge in [0.2, 0.25) is 11.9 Å². The van der Waals surface area contributed by atoms with Crippen LogP contribution in [0, 0.1) is 0 Å². The van der Waals surface area contributed by atoms with Gasteiger partial charge in [0.1, 0.15) is 11.2 Å². The molecule has 88 heavy (non-hydrogen) atoms. The molecule has 0 fully saturated rings. The van der Waals surface area contributed by atoms with Gasteiger partial charge in [0, 0.05) is 81.4 Å². The summed E-state index contributed by atoms with van der Waals surface area (Å²) >= 11 is 0. The summed E-state index contributed by atoms with van der Waals surface area (Å²) in [5.41, 5.74) is 19.2. The predicted octanol–water partition coefficient (Wildman–Crippen LogP) is 20.6. The zero-order valence-corrected chi connectivity index (χ0v) is 47.2. The lowest BCUT2D eigenvalue weighted by molar-refractivity contribution is 0.673. The van der Waals surface area contributed by atoms with Crippen molar-refractivity contribution in [3.63, 3.8) is 0 Å². The van der Waals surface area contributed by atoms with E-state index in [-0.39, 0.29) is 0 Å². The van der Waals surface area contributed by atoms with Gasteiger partial charge in [0.15, 0.2) is 0 Å². The molecule has 0 bridgehead atoms. The van der Waals surface area contributed by atoms with Crippen LogP contribution in [0.5, 0.6) is 0 Å². The van der Waals surface area contributed by atoms with Gasteiger partial charge in [0.25, 0.3) is 0 Å². The summed E-state index contributed by atoms with van der Waals surface area (Å²) in [7, 11) is 0. The van der Waals surface area contributed by atoms with E-state index in [0.717, 1.165) is 149 Å². The zero-order valence-electron chi connectivity index (χ0n) is 47.2. The Morgan fingerprint density at radius 2 is 0.693 bits per heavy atom. The molecule has 0 saturated heterocycles. The van der Waals surface area contributed by atoms with Gasteiger partial charge in [-0.3, -0.25) is 9.13 Å². The van der Waals surface area contributed by atoms with Gasteiger partial charge < -0.3 is 8.98 Å². The minimum atomic E-state index is 0.597. The van der Waals surface area contributed by atoms with Gasteiger partial charge in [0.05, 0.1) is 55.5 Å². The van der Waals surface area contributed by atoms with Crippen molar-refractivity contribution >= 4 is 120 Å². The van der Waals surface area contributed by atoms with Crippen molar-refractivity contribution in [2.45, 2.75) is 0 Å². The van der Waals surface area contributed by atoms with Crippen LogP contribution < -0.4 is 0 Å². The third-order valence-electron chi connectivity index (χ3n) is 18.0. The number of benzene rings is 13. The molecule has 19 aromatic rings. The topological polar surface area (TPSA) is 79.5 Å². The van der Waals surface area contributed by atoms with Crippen LogP contribution in [0.15, 0.2) is 290 Å².